The third-order valence-electron chi connectivity index (χ3n) is 10.0. The van der Waals surface area contributed by atoms with E-state index in [2.05, 4.69) is 60.1 Å². The van der Waals surface area contributed by atoms with Crippen LogP contribution in [0.4, 0.5) is 0 Å². The van der Waals surface area contributed by atoms with E-state index < -0.39 is 6.04 Å². The number of Topliss-reactive ketones (excluding diaryl/α,β-unsaturated/α-hetero) is 2. The second kappa shape index (κ2) is 13.0. The number of hydrogen-bond acceptors (Lipinski definition) is 9. The number of amides is 1. The summed E-state index contributed by atoms with van der Waals surface area (Å²) >= 11 is 3.49. The topological polar surface area (TPSA) is 127 Å². The molecule has 0 unspecified atom stereocenters. The first-order valence-corrected chi connectivity index (χ1v) is 17.4. The minimum absolute atomic E-state index is 0.00174. The average Bonchev–Trinajstić information content (AvgIpc) is 3.45. The third kappa shape index (κ3) is 6.35. The predicted molar refractivity (Wildman–Crippen MR) is 184 cm³/mol. The summed E-state index contributed by atoms with van der Waals surface area (Å²) in [6.45, 7) is 5.00. The molecule has 2 fully saturated rings. The Balaban J connectivity index is 1.20. The van der Waals surface area contributed by atoms with Gasteiger partial charge >= 0.3 is 0 Å². The molecule has 1 amide bonds. The lowest BCUT2D eigenvalue weighted by molar-refractivity contribution is -0.139. The van der Waals surface area contributed by atoms with Gasteiger partial charge in [0.15, 0.2) is 11.6 Å². The number of halogens is 1. The summed E-state index contributed by atoms with van der Waals surface area (Å²) in [4.78, 5) is 63.3. The van der Waals surface area contributed by atoms with Gasteiger partial charge in [-0.05, 0) is 92.7 Å². The lowest BCUT2D eigenvalue weighted by Crippen LogP contribution is -2.45. The Morgan fingerprint density at radius 1 is 1.06 bits per heavy atom. The smallest absolute Gasteiger partial charge is 0.245 e. The van der Waals surface area contributed by atoms with Gasteiger partial charge in [-0.25, -0.2) is 15.0 Å². The number of nitrogens with zero attached hydrogens (tertiary/aromatic N) is 8. The van der Waals surface area contributed by atoms with Crippen LogP contribution in [0.1, 0.15) is 66.6 Å². The highest BCUT2D eigenvalue weighted by Crippen LogP contribution is 2.60. The van der Waals surface area contributed by atoms with Crippen LogP contribution in [0.2, 0.25) is 0 Å². The summed E-state index contributed by atoms with van der Waals surface area (Å²) in [5.74, 6) is 0.259. The lowest BCUT2D eigenvalue weighted by Gasteiger charge is -2.27. The molecule has 1 spiro atoms. The van der Waals surface area contributed by atoms with Crippen molar-refractivity contribution < 1.29 is 14.4 Å². The second-order valence-corrected chi connectivity index (χ2v) is 14.4. The van der Waals surface area contributed by atoms with Crippen molar-refractivity contribution in [2.24, 2.45) is 5.41 Å². The van der Waals surface area contributed by atoms with Crippen molar-refractivity contribution in [2.45, 2.75) is 77.4 Å². The van der Waals surface area contributed by atoms with Crippen molar-refractivity contribution in [3.63, 3.8) is 0 Å². The summed E-state index contributed by atoms with van der Waals surface area (Å²) in [6.07, 6.45) is 15.0. The van der Waals surface area contributed by atoms with Gasteiger partial charge in [0.1, 0.15) is 22.7 Å². The van der Waals surface area contributed by atoms with Gasteiger partial charge in [0.05, 0.1) is 35.6 Å². The minimum Gasteiger partial charge on any atom is -0.327 e. The van der Waals surface area contributed by atoms with Crippen molar-refractivity contribution in [1.82, 2.24) is 39.5 Å². The Bertz CT molecular complexity index is 1940. The zero-order valence-electron chi connectivity index (χ0n) is 27.5. The van der Waals surface area contributed by atoms with Crippen LogP contribution in [0.3, 0.4) is 0 Å². The quantitative estimate of drug-likeness (QED) is 0.164. The van der Waals surface area contributed by atoms with Crippen molar-refractivity contribution in [3.8, 4) is 11.3 Å². The fraction of sp³-hybridized carbons (Fsp3) is 0.444. The van der Waals surface area contributed by atoms with E-state index in [0.717, 1.165) is 55.6 Å². The molecule has 48 heavy (non-hydrogen) atoms. The molecule has 0 N–H and O–H groups in total. The Morgan fingerprint density at radius 2 is 1.88 bits per heavy atom. The van der Waals surface area contributed by atoms with Gasteiger partial charge in [-0.15, -0.1) is 0 Å². The molecule has 3 aliphatic rings. The molecule has 1 saturated carbocycles. The molecule has 4 aromatic heterocycles. The van der Waals surface area contributed by atoms with Gasteiger partial charge in [-0.2, -0.15) is 5.10 Å². The summed E-state index contributed by atoms with van der Waals surface area (Å²) in [5.41, 5.74) is 3.83. The highest BCUT2D eigenvalue weighted by molar-refractivity contribution is 9.10. The number of allylic oxidation sites excluding steroid dienone is 2. The molecule has 4 aromatic rings. The van der Waals surface area contributed by atoms with E-state index in [1.807, 2.05) is 24.0 Å². The zero-order valence-corrected chi connectivity index (χ0v) is 29.1. The van der Waals surface area contributed by atoms with Gasteiger partial charge < -0.3 is 9.80 Å². The highest BCUT2D eigenvalue weighted by atomic mass is 79.9. The first-order chi connectivity index (χ1) is 23.1. The standard InChI is InChI=1S/C36H39BrN8O3/c1-22(46)35-26-13-27(25-17-38-23(2)39-18-25)40-19-30(26)44(42-35)20-34(48)45-29-15-36(16-32(36)45)21-43(3)12-8-6-4-5-7-9-24-10-11-33(37)41-28(24)14-31(29)47/h5,7,10-11,13,17-19,29,32H,4,6,8-9,12,14-16,20-21H2,1-3H3/t29-,32+,36-/m0/s1. The van der Waals surface area contributed by atoms with Crippen molar-refractivity contribution in [1.29, 1.82) is 0 Å². The lowest BCUT2D eigenvalue weighted by atomic mass is 9.93. The first-order valence-electron chi connectivity index (χ1n) is 16.6. The van der Waals surface area contributed by atoms with Crippen LogP contribution in [0.25, 0.3) is 22.2 Å². The molecule has 6 heterocycles. The first kappa shape index (κ1) is 32.4. The van der Waals surface area contributed by atoms with Gasteiger partial charge in [-0.3, -0.25) is 24.0 Å². The average molecular weight is 712 g/mol. The fourth-order valence-corrected chi connectivity index (χ4v) is 7.90. The number of ketones is 2. The number of likely N-dealkylation sites (tertiary alicyclic amines) is 1. The van der Waals surface area contributed by atoms with E-state index in [0.29, 0.717) is 39.9 Å². The molecule has 2 aliphatic heterocycles. The Labute approximate surface area is 288 Å². The van der Waals surface area contributed by atoms with E-state index in [9.17, 15) is 14.4 Å². The number of carbonyl (C=O) groups excluding carboxylic acids is 3. The number of fused-ring (bicyclic) bond motifs is 3. The molecular weight excluding hydrogens is 672 g/mol. The molecule has 11 nitrogen and oxygen atoms in total. The van der Waals surface area contributed by atoms with Gasteiger partial charge in [0.25, 0.3) is 0 Å². The maximum atomic E-state index is 14.3. The van der Waals surface area contributed by atoms with E-state index >= 15 is 0 Å². The maximum Gasteiger partial charge on any atom is 0.245 e. The number of hydrogen-bond donors (Lipinski definition) is 0. The summed E-state index contributed by atoms with van der Waals surface area (Å²) < 4.78 is 2.24. The molecule has 7 rings (SSSR count). The number of aromatic nitrogens is 6. The van der Waals surface area contributed by atoms with Crippen molar-refractivity contribution in [2.75, 3.05) is 20.1 Å². The fourth-order valence-electron chi connectivity index (χ4n) is 7.55. The van der Waals surface area contributed by atoms with Crippen LogP contribution < -0.4 is 0 Å². The van der Waals surface area contributed by atoms with E-state index in [1.54, 1.807) is 29.3 Å². The van der Waals surface area contributed by atoms with Gasteiger partial charge in [0, 0.05) is 48.3 Å². The number of pyridine rings is 2. The third-order valence-corrected chi connectivity index (χ3v) is 10.5. The molecule has 12 heteroatoms. The zero-order chi connectivity index (χ0) is 33.6. The molecule has 3 atom stereocenters. The molecule has 0 aromatic carbocycles. The molecule has 1 saturated heterocycles. The number of aryl methyl sites for hydroxylation is 1. The van der Waals surface area contributed by atoms with Crippen molar-refractivity contribution >= 4 is 44.3 Å². The monoisotopic (exact) mass is 710 g/mol. The van der Waals surface area contributed by atoms with Crippen LogP contribution in [0, 0.1) is 12.3 Å². The van der Waals surface area contributed by atoms with Crippen molar-refractivity contribution in [3.05, 3.63) is 76.3 Å². The Hall–Kier alpha value is -4.16. The molecule has 2 bridgehead atoms. The second-order valence-electron chi connectivity index (χ2n) is 13.6. The Morgan fingerprint density at radius 3 is 2.67 bits per heavy atom. The summed E-state index contributed by atoms with van der Waals surface area (Å²) in [7, 11) is 2.14. The van der Waals surface area contributed by atoms with Crippen LogP contribution >= 0.6 is 15.9 Å². The van der Waals surface area contributed by atoms with Crippen LogP contribution in [-0.4, -0.2) is 89.2 Å². The summed E-state index contributed by atoms with van der Waals surface area (Å²) in [6, 6.07) is 5.17. The van der Waals surface area contributed by atoms with E-state index in [4.69, 9.17) is 4.98 Å². The largest absolute Gasteiger partial charge is 0.327 e. The normalized spacial score (nSPS) is 23.2. The molecular formula is C36H39BrN8O3. The van der Waals surface area contributed by atoms with Gasteiger partial charge in [-0.1, -0.05) is 18.2 Å². The number of carbonyl (C=O) groups is 3. The highest BCUT2D eigenvalue weighted by Gasteiger charge is 2.67. The van der Waals surface area contributed by atoms with Crippen LogP contribution in [-0.2, 0) is 29.0 Å². The van der Waals surface area contributed by atoms with Crippen LogP contribution in [0.15, 0.2) is 53.5 Å². The molecule has 1 aliphatic carbocycles. The summed E-state index contributed by atoms with van der Waals surface area (Å²) in [5, 5.41) is 5.21. The number of piperidine rings is 1. The van der Waals surface area contributed by atoms with Crippen LogP contribution in [0.5, 0.6) is 0 Å². The van der Waals surface area contributed by atoms with E-state index in [-0.39, 0.29) is 47.6 Å². The predicted octanol–water partition coefficient (Wildman–Crippen LogP) is 4.94. The number of rotatable bonds is 4. The SMILES string of the molecule is CC(=O)c1nn(CC(=O)N2[C@H]3C[C@]4(C[C@@H]24)CN(C)CCCCC=CCc2ccc(Br)nc2CC3=O)c2cnc(-c3cnc(C)nc3)cc12. The maximum absolute atomic E-state index is 14.3. The molecule has 248 valence electrons. The Kier molecular flexibility index (Phi) is 8.80. The van der Waals surface area contributed by atoms with E-state index in [1.165, 1.54) is 6.92 Å². The molecule has 0 radical (unpaired) electrons. The minimum atomic E-state index is -0.554. The van der Waals surface area contributed by atoms with Gasteiger partial charge in [0.2, 0.25) is 5.91 Å².